The minimum atomic E-state index is -4.48. The Balaban J connectivity index is 1.48. The predicted molar refractivity (Wildman–Crippen MR) is 99.2 cm³/mol. The second-order valence-corrected chi connectivity index (χ2v) is 8.67. The number of sulfonamides is 1. The molecule has 1 aliphatic heterocycles. The van der Waals surface area contributed by atoms with E-state index in [9.17, 15) is 21.6 Å². The molecule has 0 unspecified atom stereocenters. The van der Waals surface area contributed by atoms with Gasteiger partial charge in [0, 0.05) is 24.7 Å². The average molecular weight is 439 g/mol. The molecule has 7 nitrogen and oxygen atoms in total. The number of hydrogen-bond acceptors (Lipinski definition) is 6. The molecule has 0 amide bonds. The van der Waals surface area contributed by atoms with Crippen molar-refractivity contribution in [2.75, 3.05) is 20.2 Å². The smallest absolute Gasteiger partial charge is 0.416 e. The number of ether oxygens (including phenoxy) is 1. The van der Waals surface area contributed by atoms with E-state index in [0.29, 0.717) is 5.75 Å². The Hall–Kier alpha value is -2.92. The van der Waals surface area contributed by atoms with Crippen LogP contribution >= 0.6 is 0 Å². The van der Waals surface area contributed by atoms with Crippen LogP contribution in [0.1, 0.15) is 17.4 Å². The highest BCUT2D eigenvalue weighted by molar-refractivity contribution is 7.89. The van der Waals surface area contributed by atoms with E-state index in [1.807, 2.05) is 0 Å². The van der Waals surface area contributed by atoms with Crippen molar-refractivity contribution in [1.29, 1.82) is 0 Å². The second-order valence-electron chi connectivity index (χ2n) is 6.73. The fraction of sp³-hybridized carbons (Fsp3) is 0.263. The molecule has 3 aromatic rings. The van der Waals surface area contributed by atoms with Gasteiger partial charge in [0.1, 0.15) is 5.75 Å². The third kappa shape index (κ3) is 3.77. The highest BCUT2D eigenvalue weighted by atomic mass is 32.2. The molecule has 1 aromatic heterocycles. The fourth-order valence-corrected chi connectivity index (χ4v) is 4.62. The Labute approximate surface area is 170 Å². The first-order valence-corrected chi connectivity index (χ1v) is 10.3. The number of aromatic nitrogens is 2. The molecule has 2 heterocycles. The number of benzene rings is 2. The number of nitrogens with zero attached hydrogens (tertiary/aromatic N) is 3. The van der Waals surface area contributed by atoms with E-state index in [1.54, 1.807) is 12.1 Å². The van der Waals surface area contributed by atoms with Gasteiger partial charge in [0.2, 0.25) is 21.7 Å². The van der Waals surface area contributed by atoms with Gasteiger partial charge in [-0.2, -0.15) is 22.5 Å². The molecule has 0 N–H and O–H groups in total. The van der Waals surface area contributed by atoms with Crippen molar-refractivity contribution in [2.45, 2.75) is 17.0 Å². The molecule has 2 aromatic carbocycles. The van der Waals surface area contributed by atoms with Crippen LogP contribution in [0.15, 0.2) is 57.9 Å². The molecule has 0 spiro atoms. The Kier molecular flexibility index (Phi) is 5.02. The molecule has 4 rings (SSSR count). The highest BCUT2D eigenvalue weighted by Crippen LogP contribution is 2.34. The minimum absolute atomic E-state index is 0.0187. The lowest BCUT2D eigenvalue weighted by Gasteiger charge is -2.35. The van der Waals surface area contributed by atoms with Crippen LogP contribution in [0.4, 0.5) is 13.2 Å². The first kappa shape index (κ1) is 20.4. The Morgan fingerprint density at radius 2 is 1.87 bits per heavy atom. The zero-order chi connectivity index (χ0) is 21.5. The molecule has 0 atom stereocenters. The average Bonchev–Trinajstić information content (AvgIpc) is 3.16. The number of halogens is 3. The van der Waals surface area contributed by atoms with Crippen molar-refractivity contribution in [3.63, 3.8) is 0 Å². The van der Waals surface area contributed by atoms with Gasteiger partial charge in [0.05, 0.1) is 23.5 Å². The van der Waals surface area contributed by atoms with E-state index in [4.69, 9.17) is 9.26 Å². The monoisotopic (exact) mass is 439 g/mol. The minimum Gasteiger partial charge on any atom is -0.497 e. The molecule has 0 aliphatic carbocycles. The van der Waals surface area contributed by atoms with Crippen LogP contribution in [0.5, 0.6) is 5.75 Å². The standard InChI is InChI=1S/C19H16F3N3O4S/c1-28-15-6-3-7-16(9-15)30(26,27)25-10-13(11-25)18-23-17(24-29-18)12-4-2-5-14(8-12)19(20,21)22/h2-9,13H,10-11H2,1H3. The summed E-state index contributed by atoms with van der Waals surface area (Å²) in [6.07, 6.45) is -4.48. The van der Waals surface area contributed by atoms with Gasteiger partial charge in [-0.3, -0.25) is 0 Å². The van der Waals surface area contributed by atoms with Crippen LogP contribution in [0.2, 0.25) is 0 Å². The largest absolute Gasteiger partial charge is 0.497 e. The van der Waals surface area contributed by atoms with Crippen LogP contribution in [-0.2, 0) is 16.2 Å². The lowest BCUT2D eigenvalue weighted by molar-refractivity contribution is -0.137. The first-order chi connectivity index (χ1) is 14.2. The number of alkyl halides is 3. The molecular weight excluding hydrogens is 423 g/mol. The van der Waals surface area contributed by atoms with E-state index < -0.39 is 21.8 Å². The van der Waals surface area contributed by atoms with Gasteiger partial charge in [-0.05, 0) is 24.3 Å². The summed E-state index contributed by atoms with van der Waals surface area (Å²) >= 11 is 0. The van der Waals surface area contributed by atoms with Crippen LogP contribution < -0.4 is 4.74 Å². The topological polar surface area (TPSA) is 85.5 Å². The van der Waals surface area contributed by atoms with Crippen LogP contribution in [0.3, 0.4) is 0 Å². The SMILES string of the molecule is COc1cccc(S(=O)(=O)N2CC(c3nc(-c4cccc(C(F)(F)F)c4)no3)C2)c1. The Morgan fingerprint density at radius 3 is 2.57 bits per heavy atom. The molecule has 0 saturated carbocycles. The highest BCUT2D eigenvalue weighted by Gasteiger charge is 2.40. The lowest BCUT2D eigenvalue weighted by atomic mass is 10.0. The Bertz CT molecular complexity index is 1170. The maximum absolute atomic E-state index is 12.9. The summed E-state index contributed by atoms with van der Waals surface area (Å²) in [5.74, 6) is 0.290. The molecule has 0 radical (unpaired) electrons. The van der Waals surface area contributed by atoms with Crippen molar-refractivity contribution < 1.29 is 30.8 Å². The van der Waals surface area contributed by atoms with E-state index in [1.165, 1.54) is 35.7 Å². The first-order valence-electron chi connectivity index (χ1n) is 8.84. The molecule has 30 heavy (non-hydrogen) atoms. The zero-order valence-corrected chi connectivity index (χ0v) is 16.4. The number of methoxy groups -OCH3 is 1. The maximum atomic E-state index is 12.9. The van der Waals surface area contributed by atoms with Crippen LogP contribution in [0.25, 0.3) is 11.4 Å². The van der Waals surface area contributed by atoms with Gasteiger partial charge in [-0.25, -0.2) is 8.42 Å². The van der Waals surface area contributed by atoms with Gasteiger partial charge >= 0.3 is 6.18 Å². The molecule has 11 heteroatoms. The van der Waals surface area contributed by atoms with Crippen molar-refractivity contribution in [1.82, 2.24) is 14.4 Å². The normalized spacial score (nSPS) is 15.7. The fourth-order valence-electron chi connectivity index (χ4n) is 3.05. The second kappa shape index (κ2) is 7.40. The van der Waals surface area contributed by atoms with Gasteiger partial charge in [0.15, 0.2) is 0 Å². The van der Waals surface area contributed by atoms with Gasteiger partial charge in [-0.1, -0.05) is 23.4 Å². The van der Waals surface area contributed by atoms with E-state index in [-0.39, 0.29) is 41.2 Å². The summed E-state index contributed by atoms with van der Waals surface area (Å²) in [7, 11) is -2.26. The third-order valence-corrected chi connectivity index (χ3v) is 6.59. The van der Waals surface area contributed by atoms with E-state index in [2.05, 4.69) is 10.1 Å². The molecule has 158 valence electrons. The molecule has 1 aliphatic rings. The van der Waals surface area contributed by atoms with Crippen LogP contribution in [-0.4, -0.2) is 43.1 Å². The summed E-state index contributed by atoms with van der Waals surface area (Å²) in [5.41, 5.74) is -0.648. The zero-order valence-electron chi connectivity index (χ0n) is 15.6. The van der Waals surface area contributed by atoms with Crippen molar-refractivity contribution in [3.05, 3.63) is 60.0 Å². The third-order valence-electron chi connectivity index (χ3n) is 4.77. The summed E-state index contributed by atoms with van der Waals surface area (Å²) in [4.78, 5) is 4.26. The van der Waals surface area contributed by atoms with Crippen molar-refractivity contribution in [2.24, 2.45) is 0 Å². The number of rotatable bonds is 5. The van der Waals surface area contributed by atoms with Crippen LogP contribution in [0, 0.1) is 0 Å². The van der Waals surface area contributed by atoms with Crippen molar-refractivity contribution >= 4 is 10.0 Å². The molecule has 0 bridgehead atoms. The lowest BCUT2D eigenvalue weighted by Crippen LogP contribution is -2.48. The molecule has 1 fully saturated rings. The maximum Gasteiger partial charge on any atom is 0.416 e. The molecule has 1 saturated heterocycles. The summed E-state index contributed by atoms with van der Waals surface area (Å²) in [6.45, 7) is 0.257. The van der Waals surface area contributed by atoms with E-state index >= 15 is 0 Å². The Morgan fingerprint density at radius 1 is 1.13 bits per heavy atom. The van der Waals surface area contributed by atoms with Gasteiger partial charge in [0.25, 0.3) is 0 Å². The predicted octanol–water partition coefficient (Wildman–Crippen LogP) is 3.55. The van der Waals surface area contributed by atoms with Gasteiger partial charge < -0.3 is 9.26 Å². The summed E-state index contributed by atoms with van der Waals surface area (Å²) < 4.78 is 75.6. The van der Waals surface area contributed by atoms with E-state index in [0.717, 1.165) is 12.1 Å². The quantitative estimate of drug-likeness (QED) is 0.605. The summed E-state index contributed by atoms with van der Waals surface area (Å²) in [5, 5.41) is 3.74. The molecular formula is C19H16F3N3O4S. The van der Waals surface area contributed by atoms with Gasteiger partial charge in [-0.15, -0.1) is 0 Å². The number of hydrogen-bond donors (Lipinski definition) is 0. The van der Waals surface area contributed by atoms with Crippen molar-refractivity contribution in [3.8, 4) is 17.1 Å². The summed E-state index contributed by atoms with van der Waals surface area (Å²) in [6, 6.07) is 10.7.